The Kier molecular flexibility index (Phi) is 5.92. The third-order valence-electron chi connectivity index (χ3n) is 3.65. The largest absolute Gasteiger partial charge is 0.504 e. The van der Waals surface area contributed by atoms with E-state index in [0.29, 0.717) is 17.1 Å². The fraction of sp³-hybridized carbons (Fsp3) is 0.182. The molecule has 0 aromatic heterocycles. The van der Waals surface area contributed by atoms with Gasteiger partial charge in [0, 0.05) is 0 Å². The van der Waals surface area contributed by atoms with Crippen LogP contribution in [0, 0.1) is 0 Å². The van der Waals surface area contributed by atoms with Gasteiger partial charge in [0.15, 0.2) is 34.6 Å². The monoisotopic (exact) mass is 385 g/mol. The Morgan fingerprint density at radius 3 is 2.18 bits per heavy atom. The molecule has 0 fully saturated rings. The first-order valence-electron chi connectivity index (χ1n) is 9.73. The van der Waals surface area contributed by atoms with E-state index in [1.54, 1.807) is 6.07 Å². The van der Waals surface area contributed by atoms with Crippen LogP contribution in [0.5, 0.6) is 23.0 Å². The van der Waals surface area contributed by atoms with Gasteiger partial charge in [-0.3, -0.25) is 9.59 Å². The number of carbonyl (C=O) groups is 2. The van der Waals surface area contributed by atoms with E-state index in [1.165, 1.54) is 57.7 Å². The lowest BCUT2D eigenvalue weighted by molar-refractivity contribution is -0.121. The van der Waals surface area contributed by atoms with Crippen LogP contribution in [0.4, 0.5) is 0 Å². The standard InChI is InChI=1S/C22H22O6/c1-26-20-11-7-16(13-22(20)28-3)5-9-18(24)14-17(23)8-4-15-6-10-19(25)21(12-15)27-2/h4-13,25H,14H2,1-3H3/b8-4+,9-5+/i5D,8D,9D. The van der Waals surface area contributed by atoms with Gasteiger partial charge >= 0.3 is 0 Å². The number of hydrogen-bond acceptors (Lipinski definition) is 6. The summed E-state index contributed by atoms with van der Waals surface area (Å²) in [5.74, 6) is -0.832. The normalized spacial score (nSPS) is 13.5. The van der Waals surface area contributed by atoms with E-state index in [-0.39, 0.29) is 23.1 Å². The second kappa shape index (κ2) is 9.97. The minimum Gasteiger partial charge on any atom is -0.504 e. The van der Waals surface area contributed by atoms with Crippen molar-refractivity contribution in [2.75, 3.05) is 21.3 Å². The highest BCUT2D eigenvalue weighted by Gasteiger charge is 2.06. The molecule has 2 rings (SSSR count). The SMILES string of the molecule is [2H]/C(=C\c1ccc(O)c(OC)c1)C(=O)CC(=O)/C([2H])=C(\[2H])c1ccc(OC)c(OC)c1. The molecule has 6 nitrogen and oxygen atoms in total. The van der Waals surface area contributed by atoms with Crippen molar-refractivity contribution in [3.8, 4) is 23.0 Å². The lowest BCUT2D eigenvalue weighted by Gasteiger charge is -2.07. The fourth-order valence-electron chi connectivity index (χ4n) is 2.24. The molecule has 0 spiro atoms. The maximum Gasteiger partial charge on any atom is 0.163 e. The summed E-state index contributed by atoms with van der Waals surface area (Å²) in [7, 11) is 4.25. The van der Waals surface area contributed by atoms with Gasteiger partial charge in [-0.2, -0.15) is 0 Å². The highest BCUT2D eigenvalue weighted by Crippen LogP contribution is 2.28. The molecule has 0 aliphatic rings. The molecule has 2 aromatic carbocycles. The molecule has 6 heteroatoms. The van der Waals surface area contributed by atoms with Gasteiger partial charge in [-0.1, -0.05) is 24.3 Å². The molecule has 146 valence electrons. The quantitative estimate of drug-likeness (QED) is 0.524. The summed E-state index contributed by atoms with van der Waals surface area (Å²) in [5.41, 5.74) is 0.676. The second-order valence-electron chi connectivity index (χ2n) is 5.56. The number of ketones is 2. The maximum atomic E-state index is 12.3. The molecule has 0 aliphatic heterocycles. The summed E-state index contributed by atoms with van der Waals surface area (Å²) in [6, 6.07) is 7.30. The number of ether oxygens (including phenoxy) is 3. The Morgan fingerprint density at radius 2 is 1.50 bits per heavy atom. The van der Waals surface area contributed by atoms with E-state index in [2.05, 4.69) is 0 Å². The number of phenols is 1. The van der Waals surface area contributed by atoms with Crippen LogP contribution >= 0.6 is 0 Å². The Balaban J connectivity index is 2.20. The van der Waals surface area contributed by atoms with Crippen LogP contribution in [0.2, 0.25) is 0 Å². The average molecular weight is 385 g/mol. The molecule has 0 heterocycles. The first-order valence-corrected chi connectivity index (χ1v) is 8.23. The van der Waals surface area contributed by atoms with E-state index >= 15 is 0 Å². The molecule has 0 unspecified atom stereocenters. The number of hydrogen-bond donors (Lipinski definition) is 1. The molecule has 1 N–H and O–H groups in total. The Morgan fingerprint density at radius 1 is 0.893 bits per heavy atom. The van der Waals surface area contributed by atoms with Gasteiger partial charge in [0.25, 0.3) is 0 Å². The van der Waals surface area contributed by atoms with Crippen molar-refractivity contribution >= 4 is 23.7 Å². The van der Waals surface area contributed by atoms with E-state index in [4.69, 9.17) is 18.3 Å². The van der Waals surface area contributed by atoms with E-state index < -0.39 is 30.1 Å². The number of rotatable bonds is 9. The zero-order valence-corrected chi connectivity index (χ0v) is 15.7. The maximum absolute atomic E-state index is 12.3. The minimum absolute atomic E-state index is 0.0881. The predicted molar refractivity (Wildman–Crippen MR) is 107 cm³/mol. The molecule has 28 heavy (non-hydrogen) atoms. The van der Waals surface area contributed by atoms with Crippen molar-refractivity contribution in [3.63, 3.8) is 0 Å². The summed E-state index contributed by atoms with van der Waals surface area (Å²) in [6.07, 6.45) is 0.500. The van der Waals surface area contributed by atoms with Crippen LogP contribution in [0.3, 0.4) is 0 Å². The van der Waals surface area contributed by atoms with Gasteiger partial charge in [0.05, 0.1) is 31.9 Å². The second-order valence-corrected chi connectivity index (χ2v) is 5.56. The predicted octanol–water partition coefficient (Wildman–Crippen LogP) is 3.67. The molecule has 2 aromatic rings. The van der Waals surface area contributed by atoms with Gasteiger partial charge in [-0.05, 0) is 47.5 Å². The molecular weight excluding hydrogens is 360 g/mol. The summed E-state index contributed by atoms with van der Waals surface area (Å²) in [4.78, 5) is 24.6. The van der Waals surface area contributed by atoms with Crippen molar-refractivity contribution in [2.45, 2.75) is 6.42 Å². The van der Waals surface area contributed by atoms with Crippen LogP contribution in [-0.4, -0.2) is 38.0 Å². The van der Waals surface area contributed by atoms with Crippen molar-refractivity contribution in [1.29, 1.82) is 0 Å². The van der Waals surface area contributed by atoms with E-state index in [0.717, 1.165) is 0 Å². The average Bonchev–Trinajstić information content (AvgIpc) is 2.78. The fourth-order valence-corrected chi connectivity index (χ4v) is 2.24. The van der Waals surface area contributed by atoms with Crippen LogP contribution in [0.15, 0.2) is 48.5 Å². The van der Waals surface area contributed by atoms with Gasteiger partial charge < -0.3 is 19.3 Å². The smallest absolute Gasteiger partial charge is 0.163 e. The van der Waals surface area contributed by atoms with Crippen LogP contribution in [-0.2, 0) is 9.59 Å². The zero-order chi connectivity index (χ0) is 23.1. The van der Waals surface area contributed by atoms with Gasteiger partial charge in [0.2, 0.25) is 0 Å². The van der Waals surface area contributed by atoms with Gasteiger partial charge in [-0.25, -0.2) is 0 Å². The van der Waals surface area contributed by atoms with Crippen molar-refractivity contribution < 1.29 is 33.0 Å². The van der Waals surface area contributed by atoms with Gasteiger partial charge in [0.1, 0.15) is 0 Å². The number of carbonyl (C=O) groups excluding carboxylic acids is 2. The molecule has 0 amide bonds. The van der Waals surface area contributed by atoms with Gasteiger partial charge in [-0.15, -0.1) is 0 Å². The Labute approximate surface area is 167 Å². The van der Waals surface area contributed by atoms with Crippen LogP contribution in [0.25, 0.3) is 12.1 Å². The third-order valence-corrected chi connectivity index (χ3v) is 3.65. The Bertz CT molecular complexity index is 1060. The van der Waals surface area contributed by atoms with Crippen LogP contribution in [0.1, 0.15) is 21.7 Å². The Hall–Kier alpha value is -3.54. The molecule has 0 aliphatic carbocycles. The number of benzene rings is 2. The lowest BCUT2D eigenvalue weighted by atomic mass is 10.1. The van der Waals surface area contributed by atoms with Crippen molar-refractivity contribution in [2.24, 2.45) is 0 Å². The first-order chi connectivity index (χ1) is 14.7. The molecule has 0 saturated heterocycles. The molecule has 0 radical (unpaired) electrons. The number of methoxy groups -OCH3 is 3. The number of allylic oxidation sites excluding steroid dienone is 2. The highest BCUT2D eigenvalue weighted by atomic mass is 16.5. The highest BCUT2D eigenvalue weighted by molar-refractivity contribution is 6.10. The van der Waals surface area contributed by atoms with Crippen molar-refractivity contribution in [3.05, 3.63) is 59.6 Å². The molecule has 0 saturated carbocycles. The minimum atomic E-state index is -0.883. The molecule has 0 bridgehead atoms. The molecular formula is C22H22O6. The van der Waals surface area contributed by atoms with Crippen LogP contribution < -0.4 is 14.2 Å². The number of aromatic hydroxyl groups is 1. The summed E-state index contributed by atoms with van der Waals surface area (Å²) in [5, 5.41) is 9.60. The van der Waals surface area contributed by atoms with Crippen molar-refractivity contribution in [1.82, 2.24) is 0 Å². The van der Waals surface area contributed by atoms with E-state index in [9.17, 15) is 14.7 Å². The molecule has 0 atom stereocenters. The lowest BCUT2D eigenvalue weighted by Crippen LogP contribution is -2.01. The topological polar surface area (TPSA) is 82.1 Å². The first kappa shape index (κ1) is 16.6. The summed E-state index contributed by atoms with van der Waals surface area (Å²) >= 11 is 0. The third kappa shape index (κ3) is 5.74. The number of phenolic OH excluding ortho intramolecular Hbond substituents is 1. The summed E-state index contributed by atoms with van der Waals surface area (Å²) in [6.45, 7) is 0. The zero-order valence-electron chi connectivity index (χ0n) is 18.7. The van der Waals surface area contributed by atoms with E-state index in [1.807, 2.05) is 0 Å². The summed E-state index contributed by atoms with van der Waals surface area (Å²) < 4.78 is 39.2.